The highest BCUT2D eigenvalue weighted by Crippen LogP contribution is 2.35. The Hall–Kier alpha value is -1.11. The molecule has 7 heteroatoms. The van der Waals surface area contributed by atoms with E-state index in [1.165, 1.54) is 13.0 Å². The zero-order valence-electron chi connectivity index (χ0n) is 9.17. The molecule has 0 bridgehead atoms. The summed E-state index contributed by atoms with van der Waals surface area (Å²) in [5.74, 6) is -0.730. The van der Waals surface area contributed by atoms with Crippen LogP contribution < -0.4 is 4.74 Å². The van der Waals surface area contributed by atoms with Gasteiger partial charge in [-0.2, -0.15) is 8.78 Å². The molecule has 2 nitrogen and oxygen atoms in total. The lowest BCUT2D eigenvalue weighted by atomic mass is 10.0. The number of carbonyl (C=O) groups is 1. The Labute approximate surface area is 109 Å². The van der Waals surface area contributed by atoms with E-state index in [0.29, 0.717) is 0 Å². The molecule has 1 aromatic carbocycles. The van der Waals surface area contributed by atoms with Crippen LogP contribution in [-0.4, -0.2) is 12.4 Å². The monoisotopic (exact) mass is 328 g/mol. The van der Waals surface area contributed by atoms with Crippen molar-refractivity contribution in [2.75, 3.05) is 0 Å². The van der Waals surface area contributed by atoms with E-state index in [4.69, 9.17) is 0 Å². The predicted molar refractivity (Wildman–Crippen MR) is 60.4 cm³/mol. The fourth-order valence-electron chi connectivity index (χ4n) is 1.37. The van der Waals surface area contributed by atoms with Gasteiger partial charge in [-0.25, -0.2) is 8.78 Å². The molecule has 0 aliphatic heterocycles. The van der Waals surface area contributed by atoms with Gasteiger partial charge < -0.3 is 4.74 Å². The summed E-state index contributed by atoms with van der Waals surface area (Å²) in [4.78, 5) is 10.2. The minimum atomic E-state index is -3.09. The topological polar surface area (TPSA) is 26.3 Å². The number of rotatable bonds is 5. The van der Waals surface area contributed by atoms with Gasteiger partial charge in [0.1, 0.15) is 11.5 Å². The Morgan fingerprint density at radius 3 is 2.28 bits per heavy atom. The van der Waals surface area contributed by atoms with Gasteiger partial charge in [-0.05, 0) is 24.6 Å². The molecule has 100 valence electrons. The van der Waals surface area contributed by atoms with Gasteiger partial charge in [0.2, 0.25) is 0 Å². The fraction of sp³-hybridized carbons (Fsp3) is 0.364. The van der Waals surface area contributed by atoms with Gasteiger partial charge in [-0.3, -0.25) is 4.79 Å². The van der Waals surface area contributed by atoms with Gasteiger partial charge in [0, 0.05) is 5.56 Å². The molecule has 0 spiro atoms. The number of ether oxygens (including phenoxy) is 1. The lowest BCUT2D eigenvalue weighted by Gasteiger charge is -2.14. The summed E-state index contributed by atoms with van der Waals surface area (Å²) in [6.45, 7) is -1.85. The standard InChI is InChI=1S/C11H9BrF4O2/c1-5(17)9(12)7-3-2-6(18-11(15)16)4-8(7)10(13)14/h2-4,9-11H,1H3. The van der Waals surface area contributed by atoms with Gasteiger partial charge in [-0.15, -0.1) is 0 Å². The maximum atomic E-state index is 12.8. The first-order chi connectivity index (χ1) is 8.32. The van der Waals surface area contributed by atoms with Crippen molar-refractivity contribution in [2.45, 2.75) is 24.8 Å². The highest BCUT2D eigenvalue weighted by Gasteiger charge is 2.22. The average Bonchev–Trinajstić information content (AvgIpc) is 2.26. The third kappa shape index (κ3) is 3.69. The largest absolute Gasteiger partial charge is 0.435 e. The number of hydrogen-bond donors (Lipinski definition) is 0. The zero-order chi connectivity index (χ0) is 13.9. The van der Waals surface area contributed by atoms with E-state index < -0.39 is 23.4 Å². The quantitative estimate of drug-likeness (QED) is 0.596. The lowest BCUT2D eigenvalue weighted by Crippen LogP contribution is -2.07. The molecule has 1 rings (SSSR count). The van der Waals surface area contributed by atoms with Crippen molar-refractivity contribution in [2.24, 2.45) is 0 Å². The van der Waals surface area contributed by atoms with Crippen molar-refractivity contribution in [1.82, 2.24) is 0 Å². The van der Waals surface area contributed by atoms with E-state index in [1.807, 2.05) is 0 Å². The van der Waals surface area contributed by atoms with Crippen molar-refractivity contribution < 1.29 is 27.1 Å². The van der Waals surface area contributed by atoms with Crippen LogP contribution in [0.2, 0.25) is 0 Å². The molecule has 0 saturated carbocycles. The second kappa shape index (κ2) is 6.17. The Morgan fingerprint density at radius 2 is 1.83 bits per heavy atom. The fourth-order valence-corrected chi connectivity index (χ4v) is 1.78. The molecule has 0 heterocycles. The summed E-state index contributed by atoms with van der Waals surface area (Å²) in [7, 11) is 0. The zero-order valence-corrected chi connectivity index (χ0v) is 10.8. The molecule has 1 unspecified atom stereocenters. The summed E-state index contributed by atoms with van der Waals surface area (Å²) >= 11 is 2.97. The number of ketones is 1. The van der Waals surface area contributed by atoms with Crippen LogP contribution in [0, 0.1) is 0 Å². The second-order valence-corrected chi connectivity index (χ2v) is 4.36. The van der Waals surface area contributed by atoms with E-state index in [0.717, 1.165) is 12.1 Å². The van der Waals surface area contributed by atoms with E-state index in [-0.39, 0.29) is 17.1 Å². The Balaban J connectivity index is 3.16. The first-order valence-corrected chi connectivity index (χ1v) is 5.75. The van der Waals surface area contributed by atoms with Gasteiger partial charge in [-0.1, -0.05) is 22.0 Å². The molecule has 0 aliphatic rings. The van der Waals surface area contributed by atoms with E-state index in [1.54, 1.807) is 0 Å². The number of alkyl halides is 5. The van der Waals surface area contributed by atoms with Gasteiger partial charge in [0.25, 0.3) is 6.43 Å². The molecule has 1 aromatic rings. The van der Waals surface area contributed by atoms with E-state index in [9.17, 15) is 22.4 Å². The molecule has 0 radical (unpaired) electrons. The smallest absolute Gasteiger partial charge is 0.387 e. The third-order valence-corrected chi connectivity index (χ3v) is 3.29. The van der Waals surface area contributed by atoms with Crippen molar-refractivity contribution in [3.63, 3.8) is 0 Å². The number of carbonyl (C=O) groups excluding carboxylic acids is 1. The molecule has 0 aliphatic carbocycles. The number of Topliss-reactive ketones (excluding diaryl/α,β-unsaturated/α-hetero) is 1. The maximum absolute atomic E-state index is 12.8. The first-order valence-electron chi connectivity index (χ1n) is 4.84. The van der Waals surface area contributed by atoms with Crippen LogP contribution in [0.5, 0.6) is 5.75 Å². The highest BCUT2D eigenvalue weighted by atomic mass is 79.9. The van der Waals surface area contributed by atoms with Crippen molar-refractivity contribution in [3.8, 4) is 5.75 Å². The summed E-state index contributed by atoms with van der Waals surface area (Å²) < 4.78 is 53.6. The predicted octanol–water partition coefficient (Wildman–Crippen LogP) is 4.25. The summed E-state index contributed by atoms with van der Waals surface area (Å²) in [6, 6.07) is 3.09. The van der Waals surface area contributed by atoms with Crippen molar-refractivity contribution >= 4 is 21.7 Å². The third-order valence-electron chi connectivity index (χ3n) is 2.15. The molecule has 1 atom stereocenters. The lowest BCUT2D eigenvalue weighted by molar-refractivity contribution is -0.116. The molecule has 18 heavy (non-hydrogen) atoms. The van der Waals surface area contributed by atoms with Crippen LogP contribution >= 0.6 is 15.9 Å². The Kier molecular flexibility index (Phi) is 5.13. The molecule has 0 aromatic heterocycles. The molecular formula is C11H9BrF4O2. The van der Waals surface area contributed by atoms with Crippen LogP contribution in [0.1, 0.15) is 29.3 Å². The van der Waals surface area contributed by atoms with Crippen molar-refractivity contribution in [3.05, 3.63) is 29.3 Å². The number of hydrogen-bond acceptors (Lipinski definition) is 2. The van der Waals surface area contributed by atoms with E-state index in [2.05, 4.69) is 20.7 Å². The normalized spacial score (nSPS) is 12.9. The highest BCUT2D eigenvalue weighted by molar-refractivity contribution is 9.09. The minimum Gasteiger partial charge on any atom is -0.435 e. The van der Waals surface area contributed by atoms with Crippen LogP contribution in [-0.2, 0) is 4.79 Å². The maximum Gasteiger partial charge on any atom is 0.387 e. The Morgan fingerprint density at radius 1 is 1.22 bits per heavy atom. The first kappa shape index (κ1) is 14.9. The van der Waals surface area contributed by atoms with Crippen LogP contribution in [0.4, 0.5) is 17.6 Å². The molecule has 0 N–H and O–H groups in total. The average molecular weight is 329 g/mol. The Bertz CT molecular complexity index is 437. The van der Waals surface area contributed by atoms with Gasteiger partial charge in [0.05, 0.1) is 4.83 Å². The van der Waals surface area contributed by atoms with Gasteiger partial charge in [0.15, 0.2) is 0 Å². The summed E-state index contributed by atoms with van der Waals surface area (Å²) in [5, 5.41) is 0. The van der Waals surface area contributed by atoms with Crippen molar-refractivity contribution in [1.29, 1.82) is 0 Å². The number of halogens is 5. The second-order valence-electron chi connectivity index (χ2n) is 3.44. The van der Waals surface area contributed by atoms with Gasteiger partial charge >= 0.3 is 6.61 Å². The minimum absolute atomic E-state index is 0.0408. The molecular weight excluding hydrogens is 320 g/mol. The molecule has 0 amide bonds. The molecule has 0 saturated heterocycles. The molecule has 0 fully saturated rings. The number of benzene rings is 1. The van der Waals surface area contributed by atoms with Crippen LogP contribution in [0.15, 0.2) is 18.2 Å². The summed E-state index contributed by atoms with van der Waals surface area (Å²) in [6.07, 6.45) is -2.89. The van der Waals surface area contributed by atoms with Crippen LogP contribution in [0.25, 0.3) is 0 Å². The SMILES string of the molecule is CC(=O)C(Br)c1ccc(OC(F)F)cc1C(F)F. The van der Waals surface area contributed by atoms with Crippen LogP contribution in [0.3, 0.4) is 0 Å². The van der Waals surface area contributed by atoms with E-state index >= 15 is 0 Å². The summed E-state index contributed by atoms with van der Waals surface area (Å²) in [5.41, 5.74) is -0.468.